The van der Waals surface area contributed by atoms with E-state index in [2.05, 4.69) is 267 Å². The fraction of sp³-hybridized carbons (Fsp3) is 0.600. The van der Waals surface area contributed by atoms with E-state index in [0.717, 1.165) is 15.8 Å². The summed E-state index contributed by atoms with van der Waals surface area (Å²) in [6.07, 6.45) is 9.18. The monoisotopic (exact) mass is 1270 g/mol. The van der Waals surface area contributed by atoms with Crippen LogP contribution in [0.25, 0.3) is 0 Å². The minimum Gasteiger partial charge on any atom is -0.253 e. The van der Waals surface area contributed by atoms with Gasteiger partial charge in [-0.3, -0.25) is 4.98 Å². The topological polar surface area (TPSA) is 155 Å². The van der Waals surface area contributed by atoms with Gasteiger partial charge in [-0.15, -0.1) is 55.5 Å². The van der Waals surface area contributed by atoms with Gasteiger partial charge in [-0.1, -0.05) is 187 Å². The molecule has 0 amide bonds. The van der Waals surface area contributed by atoms with Crippen molar-refractivity contribution in [3.05, 3.63) is 134 Å². The van der Waals surface area contributed by atoms with Gasteiger partial charge < -0.3 is 0 Å². The molecule has 0 aromatic carbocycles. The van der Waals surface area contributed by atoms with Crippen LogP contribution < -0.4 is 0 Å². The van der Waals surface area contributed by atoms with Gasteiger partial charge in [0, 0.05) is 88.6 Å². The molecular weight excluding hydrogens is 1180 g/mol. The number of hydrogen-bond acceptors (Lipinski definition) is 21. The zero-order valence-corrected chi connectivity index (χ0v) is 61.0. The van der Waals surface area contributed by atoms with E-state index in [9.17, 15) is 0 Å². The predicted molar refractivity (Wildman–Crippen MR) is 361 cm³/mol. The Morgan fingerprint density at radius 3 is 1.21 bits per heavy atom. The standard InChI is InChI=1S/6C7H11NS.3C6H10N2S/c1-7(2,3)6-4-9-5-8-6;1-7(2,3)6-4-8-5-9-6;1-7(2,3)6-4-8-9-5-6;1-7(2,3)6-8-4-5-9-6;1-7(2,3)6-4-5-9-8-6;1-7(2,3)6-4-5-8-9-6;1-6(2,3)5-8-7-4-9-5;1-6(2,3)5-7-4-9-8-5;1-6(2,3)5-7-4-8-9-5/h6*4-5H,1-3H3;3*4H,1-3H3. The quantitative estimate of drug-likeness (QED) is 0.142. The van der Waals surface area contributed by atoms with Crippen molar-refractivity contribution >= 4 is 103 Å². The molecule has 81 heavy (non-hydrogen) atoms. The third kappa shape index (κ3) is 32.9. The summed E-state index contributed by atoms with van der Waals surface area (Å²) in [5.41, 5.74) is 12.9. The van der Waals surface area contributed by atoms with Gasteiger partial charge >= 0.3 is 0 Å². The number of rotatable bonds is 0. The Kier molecular flexibility index (Phi) is 31.5. The largest absolute Gasteiger partial charge is 0.253 e. The van der Waals surface area contributed by atoms with Crippen LogP contribution in [0, 0.1) is 0 Å². The highest BCUT2D eigenvalue weighted by Crippen LogP contribution is 2.28. The Labute approximate surface area is 525 Å². The first-order valence-electron chi connectivity index (χ1n) is 26.6. The minimum absolute atomic E-state index is 0.111. The van der Waals surface area contributed by atoms with Crippen LogP contribution in [-0.2, 0) is 48.7 Å². The van der Waals surface area contributed by atoms with E-state index in [1.165, 1.54) is 77.8 Å². The van der Waals surface area contributed by atoms with E-state index in [0.29, 0.717) is 0 Å². The Morgan fingerprint density at radius 2 is 0.988 bits per heavy atom. The second kappa shape index (κ2) is 33.8. The second-order valence-corrected chi connectivity index (χ2v) is 34.6. The molecule has 0 bridgehead atoms. The van der Waals surface area contributed by atoms with E-state index in [1.54, 1.807) is 74.2 Å². The van der Waals surface area contributed by atoms with Gasteiger partial charge in [0.15, 0.2) is 0 Å². The van der Waals surface area contributed by atoms with Gasteiger partial charge in [0.25, 0.3) is 0 Å². The molecule has 0 saturated heterocycles. The average Bonchev–Trinajstić information content (AvgIpc) is 4.21. The maximum absolute atomic E-state index is 4.23. The van der Waals surface area contributed by atoms with E-state index in [-0.39, 0.29) is 48.7 Å². The van der Waals surface area contributed by atoms with Gasteiger partial charge in [-0.05, 0) is 91.6 Å². The summed E-state index contributed by atoms with van der Waals surface area (Å²) in [6, 6.07) is 4.15. The highest BCUT2D eigenvalue weighted by Gasteiger charge is 2.20. The van der Waals surface area contributed by atoms with Gasteiger partial charge in [0.2, 0.25) is 0 Å². The molecule has 0 aliphatic heterocycles. The molecule has 9 aromatic rings. The van der Waals surface area contributed by atoms with Crippen LogP contribution in [-0.4, -0.2) is 57.0 Å². The summed E-state index contributed by atoms with van der Waals surface area (Å²) in [4.78, 5) is 23.3. The highest BCUT2D eigenvalue weighted by atomic mass is 32.1. The SMILES string of the molecule is CC(C)(C)c1ccns1.CC(C)(C)c1ccsn1.CC(C)(C)c1cncs1.CC(C)(C)c1cnsc1.CC(C)(C)c1cscn1.CC(C)(C)c1nccs1.CC(C)(C)c1ncns1.CC(C)(C)c1ncsn1.CC(C)(C)c1nncs1. The third-order valence-corrected chi connectivity index (χ3v) is 18.2. The summed E-state index contributed by atoms with van der Waals surface area (Å²) in [5, 5.41) is 19.3. The smallest absolute Gasteiger partial charge is 0.147 e. The molecule has 12 nitrogen and oxygen atoms in total. The average molecular weight is 1270 g/mol. The van der Waals surface area contributed by atoms with E-state index >= 15 is 0 Å². The van der Waals surface area contributed by atoms with Crippen LogP contribution in [0.4, 0.5) is 0 Å². The van der Waals surface area contributed by atoms with Crippen molar-refractivity contribution in [2.45, 2.75) is 236 Å². The van der Waals surface area contributed by atoms with Crippen LogP contribution in [0.5, 0.6) is 0 Å². The first-order valence-corrected chi connectivity index (χ1v) is 34.3. The molecule has 0 N–H and O–H groups in total. The Bertz CT molecular complexity index is 2180. The van der Waals surface area contributed by atoms with E-state index in [1.807, 2.05) is 46.6 Å². The number of thiazole rings is 3. The second-order valence-electron chi connectivity index (χ2n) is 27.7. The summed E-state index contributed by atoms with van der Waals surface area (Å²) in [5.74, 6) is 0.938. The fourth-order valence-electron chi connectivity index (χ4n) is 5.05. The molecule has 0 radical (unpaired) electrons. The summed E-state index contributed by atoms with van der Waals surface area (Å²) in [7, 11) is 0. The van der Waals surface area contributed by atoms with Gasteiger partial charge in [0.1, 0.15) is 33.2 Å². The van der Waals surface area contributed by atoms with E-state index < -0.39 is 0 Å². The van der Waals surface area contributed by atoms with Crippen molar-refractivity contribution in [3.63, 3.8) is 0 Å². The van der Waals surface area contributed by atoms with Crippen LogP contribution in [0.15, 0.2) is 86.8 Å². The van der Waals surface area contributed by atoms with Crippen molar-refractivity contribution in [2.24, 2.45) is 0 Å². The van der Waals surface area contributed by atoms with Crippen LogP contribution in [0.3, 0.4) is 0 Å². The van der Waals surface area contributed by atoms with Crippen LogP contribution >= 0.6 is 103 Å². The summed E-state index contributed by atoms with van der Waals surface area (Å²) < 4.78 is 20.3. The van der Waals surface area contributed by atoms with Crippen LogP contribution in [0.2, 0.25) is 0 Å². The predicted octanol–water partition coefficient (Wildman–Crippen LogP) is 20.2. The number of nitrogens with zero attached hydrogens (tertiary/aromatic N) is 12. The van der Waals surface area contributed by atoms with Crippen LogP contribution in [0.1, 0.15) is 234 Å². The van der Waals surface area contributed by atoms with E-state index in [4.69, 9.17) is 0 Å². The van der Waals surface area contributed by atoms with Gasteiger partial charge in [-0.25, -0.2) is 28.7 Å². The molecular formula is C60H96N12S9. The Morgan fingerprint density at radius 1 is 0.370 bits per heavy atom. The molecule has 0 aliphatic carbocycles. The lowest BCUT2D eigenvalue weighted by atomic mass is 9.90. The summed E-state index contributed by atoms with van der Waals surface area (Å²) >= 11 is 14.2. The maximum Gasteiger partial charge on any atom is 0.147 e. The Hall–Kier alpha value is -3.54. The Balaban J connectivity index is 0.000000456. The lowest BCUT2D eigenvalue weighted by Gasteiger charge is -2.14. The molecule has 0 saturated carbocycles. The first kappa shape index (κ1) is 75.5. The highest BCUT2D eigenvalue weighted by molar-refractivity contribution is 7.10. The molecule has 9 rings (SSSR count). The third-order valence-electron chi connectivity index (χ3n) is 10.2. The molecule has 0 unspecified atom stereocenters. The maximum atomic E-state index is 4.23. The molecule has 0 aliphatic rings. The molecule has 9 aromatic heterocycles. The molecule has 0 spiro atoms. The van der Waals surface area contributed by atoms with Gasteiger partial charge in [-0.2, -0.15) is 13.1 Å². The van der Waals surface area contributed by atoms with Crippen molar-refractivity contribution in [3.8, 4) is 0 Å². The normalized spacial score (nSPS) is 11.9. The molecule has 450 valence electrons. The van der Waals surface area contributed by atoms with Crippen molar-refractivity contribution in [2.75, 3.05) is 0 Å². The molecule has 21 heteroatoms. The molecule has 0 fully saturated rings. The zero-order chi connectivity index (χ0) is 62.2. The summed E-state index contributed by atoms with van der Waals surface area (Å²) in [6.45, 7) is 58.4. The zero-order valence-electron chi connectivity index (χ0n) is 53.7. The first-order chi connectivity index (χ1) is 36.9. The van der Waals surface area contributed by atoms with Gasteiger partial charge in [0.05, 0.1) is 27.4 Å². The molecule has 0 atom stereocenters. The fourth-order valence-corrected chi connectivity index (χ4v) is 11.2. The van der Waals surface area contributed by atoms with Crippen molar-refractivity contribution < 1.29 is 0 Å². The number of hydrogen-bond donors (Lipinski definition) is 0. The lowest BCUT2D eigenvalue weighted by molar-refractivity contribution is 0.555. The van der Waals surface area contributed by atoms with Crippen molar-refractivity contribution in [1.29, 1.82) is 0 Å². The van der Waals surface area contributed by atoms with Crippen molar-refractivity contribution in [1.82, 2.24) is 57.0 Å². The molecule has 9 heterocycles. The lowest BCUT2D eigenvalue weighted by Crippen LogP contribution is -2.12. The number of aromatic nitrogens is 12. The minimum atomic E-state index is 0.111.